The Labute approximate surface area is 112 Å². The van der Waals surface area contributed by atoms with E-state index in [0.717, 1.165) is 44.9 Å². The van der Waals surface area contributed by atoms with Gasteiger partial charge in [0.25, 0.3) is 0 Å². The van der Waals surface area contributed by atoms with Gasteiger partial charge in [0, 0.05) is 7.11 Å². The molecule has 0 aromatic rings. The summed E-state index contributed by atoms with van der Waals surface area (Å²) < 4.78 is 21.1. The van der Waals surface area contributed by atoms with Gasteiger partial charge in [-0.2, -0.15) is 0 Å². The highest BCUT2D eigenvalue weighted by molar-refractivity contribution is 7.47. The standard InChI is InChI=1S/C13H29O4P/c1-4-6-8-10-12-13(11-9-7-5-2)17-18(14,15)16-3/h13H,4-12H2,1-3H3,(H,14,15). The van der Waals surface area contributed by atoms with E-state index >= 15 is 0 Å². The summed E-state index contributed by atoms with van der Waals surface area (Å²) in [6.45, 7) is 4.31. The second-order valence-electron chi connectivity index (χ2n) is 4.72. The van der Waals surface area contributed by atoms with Gasteiger partial charge in [-0.05, 0) is 12.8 Å². The molecule has 110 valence electrons. The van der Waals surface area contributed by atoms with E-state index in [1.165, 1.54) is 20.0 Å². The number of rotatable bonds is 12. The third kappa shape index (κ3) is 10.1. The van der Waals surface area contributed by atoms with Gasteiger partial charge in [-0.25, -0.2) is 4.57 Å². The minimum absolute atomic E-state index is 0.149. The zero-order valence-corrected chi connectivity index (χ0v) is 13.0. The van der Waals surface area contributed by atoms with E-state index in [9.17, 15) is 9.46 Å². The number of phosphoric ester groups is 1. The molecular formula is C13H29O4P. The van der Waals surface area contributed by atoms with Crippen LogP contribution in [0.1, 0.15) is 71.6 Å². The molecular weight excluding hydrogens is 251 g/mol. The molecule has 0 spiro atoms. The van der Waals surface area contributed by atoms with Crippen LogP contribution in [0.4, 0.5) is 0 Å². The van der Waals surface area contributed by atoms with Gasteiger partial charge in [0.1, 0.15) is 0 Å². The molecule has 18 heavy (non-hydrogen) atoms. The molecule has 1 N–H and O–H groups in total. The Morgan fingerprint density at radius 1 is 1.00 bits per heavy atom. The average molecular weight is 280 g/mol. The molecule has 0 saturated carbocycles. The normalized spacial score (nSPS) is 16.4. The topological polar surface area (TPSA) is 55.8 Å². The summed E-state index contributed by atoms with van der Waals surface area (Å²) in [6.07, 6.45) is 9.47. The number of phosphoric acid groups is 1. The Morgan fingerprint density at radius 2 is 1.50 bits per heavy atom. The van der Waals surface area contributed by atoms with Gasteiger partial charge in [-0.15, -0.1) is 0 Å². The van der Waals surface area contributed by atoms with Crippen LogP contribution in [-0.4, -0.2) is 18.1 Å². The predicted octanol–water partition coefficient (Wildman–Crippen LogP) is 4.67. The first kappa shape index (κ1) is 18.1. The van der Waals surface area contributed by atoms with E-state index in [4.69, 9.17) is 4.52 Å². The quantitative estimate of drug-likeness (QED) is 0.417. The number of hydrogen-bond acceptors (Lipinski definition) is 3. The maximum absolute atomic E-state index is 11.4. The Morgan fingerprint density at radius 3 is 2.00 bits per heavy atom. The van der Waals surface area contributed by atoms with Crippen LogP contribution in [0.5, 0.6) is 0 Å². The lowest BCUT2D eigenvalue weighted by atomic mass is 10.0. The first-order chi connectivity index (χ1) is 8.55. The fraction of sp³-hybridized carbons (Fsp3) is 1.00. The second-order valence-corrected chi connectivity index (χ2v) is 6.24. The number of hydrogen-bond donors (Lipinski definition) is 1. The molecule has 0 radical (unpaired) electrons. The molecule has 0 amide bonds. The average Bonchev–Trinajstić information content (AvgIpc) is 2.34. The Balaban J connectivity index is 4.03. The maximum atomic E-state index is 11.4. The largest absolute Gasteiger partial charge is 0.472 e. The van der Waals surface area contributed by atoms with Crippen molar-refractivity contribution in [3.05, 3.63) is 0 Å². The first-order valence-corrected chi connectivity index (χ1v) is 8.62. The molecule has 0 aromatic carbocycles. The highest BCUT2D eigenvalue weighted by Crippen LogP contribution is 2.44. The molecule has 2 unspecified atom stereocenters. The molecule has 0 aromatic heterocycles. The van der Waals surface area contributed by atoms with Crippen LogP contribution in [0.25, 0.3) is 0 Å². The molecule has 0 aliphatic rings. The van der Waals surface area contributed by atoms with Crippen LogP contribution in [0.15, 0.2) is 0 Å². The summed E-state index contributed by atoms with van der Waals surface area (Å²) in [5.41, 5.74) is 0. The van der Waals surface area contributed by atoms with Crippen LogP contribution >= 0.6 is 7.82 Å². The van der Waals surface area contributed by atoms with Gasteiger partial charge >= 0.3 is 7.82 Å². The molecule has 0 aliphatic carbocycles. The van der Waals surface area contributed by atoms with E-state index in [1.54, 1.807) is 0 Å². The smallest absolute Gasteiger partial charge is 0.302 e. The van der Waals surface area contributed by atoms with Crippen molar-refractivity contribution in [3.8, 4) is 0 Å². The minimum atomic E-state index is -3.83. The van der Waals surface area contributed by atoms with Crippen molar-refractivity contribution in [3.63, 3.8) is 0 Å². The van der Waals surface area contributed by atoms with E-state index in [-0.39, 0.29) is 6.10 Å². The fourth-order valence-corrected chi connectivity index (χ4v) is 2.58. The van der Waals surface area contributed by atoms with Gasteiger partial charge in [0.15, 0.2) is 0 Å². The van der Waals surface area contributed by atoms with Gasteiger partial charge in [-0.3, -0.25) is 9.05 Å². The summed E-state index contributed by atoms with van der Waals surface area (Å²) in [7, 11) is -2.62. The molecule has 0 bridgehead atoms. The molecule has 4 nitrogen and oxygen atoms in total. The molecule has 0 fully saturated rings. The van der Waals surface area contributed by atoms with Crippen molar-refractivity contribution in [2.75, 3.05) is 7.11 Å². The summed E-state index contributed by atoms with van der Waals surface area (Å²) in [5, 5.41) is 0. The molecule has 0 saturated heterocycles. The second kappa shape index (κ2) is 11.0. The van der Waals surface area contributed by atoms with Crippen molar-refractivity contribution in [1.29, 1.82) is 0 Å². The Hall–Kier alpha value is 0.110. The minimum Gasteiger partial charge on any atom is -0.302 e. The molecule has 2 atom stereocenters. The van der Waals surface area contributed by atoms with Gasteiger partial charge in [0.05, 0.1) is 6.10 Å². The summed E-state index contributed by atoms with van der Waals surface area (Å²) in [4.78, 5) is 9.36. The summed E-state index contributed by atoms with van der Waals surface area (Å²) >= 11 is 0. The molecule has 0 heterocycles. The van der Waals surface area contributed by atoms with Crippen molar-refractivity contribution in [1.82, 2.24) is 0 Å². The van der Waals surface area contributed by atoms with Gasteiger partial charge in [-0.1, -0.05) is 58.8 Å². The monoisotopic (exact) mass is 280 g/mol. The molecule has 0 aliphatic heterocycles. The fourth-order valence-electron chi connectivity index (χ4n) is 1.90. The summed E-state index contributed by atoms with van der Waals surface area (Å²) in [6, 6.07) is 0. The van der Waals surface area contributed by atoms with Crippen LogP contribution in [0.3, 0.4) is 0 Å². The van der Waals surface area contributed by atoms with Crippen LogP contribution in [0.2, 0.25) is 0 Å². The predicted molar refractivity (Wildman–Crippen MR) is 74.6 cm³/mol. The highest BCUT2D eigenvalue weighted by Gasteiger charge is 2.24. The third-order valence-corrected chi connectivity index (χ3v) is 4.05. The SMILES string of the molecule is CCCCCCC(CCCCC)OP(=O)(O)OC. The first-order valence-electron chi connectivity index (χ1n) is 7.12. The van der Waals surface area contributed by atoms with Crippen molar-refractivity contribution in [2.24, 2.45) is 0 Å². The lowest BCUT2D eigenvalue weighted by Crippen LogP contribution is -2.12. The van der Waals surface area contributed by atoms with E-state index < -0.39 is 7.82 Å². The zero-order chi connectivity index (χ0) is 13.9. The zero-order valence-electron chi connectivity index (χ0n) is 12.1. The van der Waals surface area contributed by atoms with Crippen molar-refractivity contribution >= 4 is 7.82 Å². The van der Waals surface area contributed by atoms with Gasteiger partial charge in [0.2, 0.25) is 0 Å². The van der Waals surface area contributed by atoms with Crippen LogP contribution in [-0.2, 0) is 13.6 Å². The van der Waals surface area contributed by atoms with Crippen molar-refractivity contribution < 1.29 is 18.5 Å². The van der Waals surface area contributed by atoms with E-state index in [0.29, 0.717) is 0 Å². The maximum Gasteiger partial charge on any atom is 0.472 e. The lowest BCUT2D eigenvalue weighted by molar-refractivity contribution is 0.103. The van der Waals surface area contributed by atoms with Gasteiger partial charge < -0.3 is 4.89 Å². The third-order valence-electron chi connectivity index (χ3n) is 3.02. The molecule has 0 rings (SSSR count). The summed E-state index contributed by atoms with van der Waals surface area (Å²) in [5.74, 6) is 0. The van der Waals surface area contributed by atoms with E-state index in [1.807, 2.05) is 0 Å². The number of unbranched alkanes of at least 4 members (excludes halogenated alkanes) is 5. The van der Waals surface area contributed by atoms with Crippen molar-refractivity contribution in [2.45, 2.75) is 77.7 Å². The molecule has 5 heteroatoms. The van der Waals surface area contributed by atoms with E-state index in [2.05, 4.69) is 18.4 Å². The Kier molecular flexibility index (Phi) is 11.0. The van der Waals surface area contributed by atoms with Crippen LogP contribution < -0.4 is 0 Å². The van der Waals surface area contributed by atoms with Crippen LogP contribution in [0, 0.1) is 0 Å². The Bertz CT molecular complexity index is 233. The lowest BCUT2D eigenvalue weighted by Gasteiger charge is -2.19. The highest BCUT2D eigenvalue weighted by atomic mass is 31.2.